The third-order valence-corrected chi connectivity index (χ3v) is 8.64. The van der Waals surface area contributed by atoms with Crippen molar-refractivity contribution < 1.29 is 4.79 Å². The Morgan fingerprint density at radius 2 is 1.84 bits per heavy atom. The Labute approximate surface area is 228 Å². The van der Waals surface area contributed by atoms with Crippen LogP contribution in [0.2, 0.25) is 5.02 Å². The van der Waals surface area contributed by atoms with Gasteiger partial charge in [0.15, 0.2) is 5.43 Å². The molecule has 1 aliphatic carbocycles. The number of nitrogens with one attached hydrogen (secondary N) is 2. The van der Waals surface area contributed by atoms with Crippen molar-refractivity contribution in [1.29, 1.82) is 0 Å². The van der Waals surface area contributed by atoms with Gasteiger partial charge in [-0.3, -0.25) is 9.59 Å². The van der Waals surface area contributed by atoms with Crippen LogP contribution in [0, 0.1) is 13.8 Å². The van der Waals surface area contributed by atoms with Crippen molar-refractivity contribution in [2.75, 3.05) is 25.5 Å². The topological polar surface area (TPSA) is 68.4 Å². The van der Waals surface area contributed by atoms with E-state index in [1.54, 1.807) is 23.5 Å². The summed E-state index contributed by atoms with van der Waals surface area (Å²) in [6, 6.07) is 10.3. The van der Waals surface area contributed by atoms with Crippen LogP contribution >= 0.6 is 22.9 Å². The largest absolute Gasteiger partial charge is 0.369 e. The Morgan fingerprint density at radius 1 is 1.14 bits per heavy atom. The highest BCUT2D eigenvalue weighted by molar-refractivity contribution is 7.13. The van der Waals surface area contributed by atoms with Crippen LogP contribution in [0.25, 0.3) is 10.6 Å². The van der Waals surface area contributed by atoms with E-state index in [0.29, 0.717) is 28.2 Å². The molecular weight excluding hydrogens is 504 g/mol. The van der Waals surface area contributed by atoms with Gasteiger partial charge in [0.25, 0.3) is 5.91 Å². The molecule has 8 heteroatoms. The number of halogens is 1. The van der Waals surface area contributed by atoms with Crippen LogP contribution in [0.4, 0.5) is 5.69 Å². The Bertz CT molecular complexity index is 1290. The summed E-state index contributed by atoms with van der Waals surface area (Å²) in [6.45, 7) is 7.00. The number of rotatable bonds is 8. The number of H-pyrrole nitrogens is 1. The predicted octanol–water partition coefficient (Wildman–Crippen LogP) is 6.00. The molecule has 0 unspecified atom stereocenters. The average Bonchev–Trinajstić information content (AvgIpc) is 3.40. The molecule has 3 aromatic rings. The molecular formula is C29H37ClN4O2S. The number of hydrogen-bond donors (Lipinski definition) is 2. The molecule has 1 saturated carbocycles. The van der Waals surface area contributed by atoms with Crippen molar-refractivity contribution in [3.05, 3.63) is 73.3 Å². The van der Waals surface area contributed by atoms with Gasteiger partial charge in [0.2, 0.25) is 0 Å². The van der Waals surface area contributed by atoms with Crippen molar-refractivity contribution in [3.8, 4) is 10.6 Å². The van der Waals surface area contributed by atoms with Gasteiger partial charge in [-0.2, -0.15) is 0 Å². The van der Waals surface area contributed by atoms with E-state index in [0.717, 1.165) is 46.9 Å². The molecule has 2 aromatic heterocycles. The SMILES string of the molecule is CCN(c1cc(Cl)cc(C(=O)NCc2c(-c3cccs3)[nH]c(C)cc2=O)c1C)C1CCC(N(C)C)CC1. The smallest absolute Gasteiger partial charge is 0.251 e. The fraction of sp³-hybridized carbons (Fsp3) is 0.448. The minimum Gasteiger partial charge on any atom is -0.369 e. The number of hydrogen-bond acceptors (Lipinski definition) is 5. The van der Waals surface area contributed by atoms with E-state index in [1.165, 1.54) is 12.8 Å². The van der Waals surface area contributed by atoms with E-state index in [2.05, 4.69) is 41.1 Å². The fourth-order valence-corrected chi connectivity index (χ4v) is 6.46. The van der Waals surface area contributed by atoms with Crippen LogP contribution in [0.1, 0.15) is 59.8 Å². The first-order valence-corrected chi connectivity index (χ1v) is 14.2. The second kappa shape index (κ2) is 11.8. The van der Waals surface area contributed by atoms with E-state index in [4.69, 9.17) is 11.6 Å². The molecule has 0 bridgehead atoms. The standard InChI is InChI=1S/C29H37ClN4O2S/c1-6-34(22-11-9-21(10-12-22)33(4)5)25-16-20(30)15-23(19(25)3)29(36)31-17-24-26(35)14-18(2)32-28(24)27-8-7-13-37-27/h7-8,13-16,21-22H,6,9-12,17H2,1-5H3,(H,31,36)(H,32,35). The van der Waals surface area contributed by atoms with Crippen LogP contribution in [0.3, 0.4) is 0 Å². The van der Waals surface area contributed by atoms with Gasteiger partial charge in [-0.1, -0.05) is 17.7 Å². The molecule has 0 radical (unpaired) electrons. The number of aromatic amines is 1. The maximum atomic E-state index is 13.4. The number of nitrogens with zero attached hydrogens (tertiary/aromatic N) is 2. The van der Waals surface area contributed by atoms with Gasteiger partial charge in [0.05, 0.1) is 10.6 Å². The van der Waals surface area contributed by atoms with Crippen LogP contribution in [-0.4, -0.2) is 48.5 Å². The maximum absolute atomic E-state index is 13.4. The van der Waals surface area contributed by atoms with Crippen molar-refractivity contribution in [2.24, 2.45) is 0 Å². The van der Waals surface area contributed by atoms with Gasteiger partial charge >= 0.3 is 0 Å². The minimum atomic E-state index is -0.231. The van der Waals surface area contributed by atoms with Crippen molar-refractivity contribution in [2.45, 2.75) is 65.1 Å². The van der Waals surface area contributed by atoms with Gasteiger partial charge < -0.3 is 20.1 Å². The molecule has 0 atom stereocenters. The number of carbonyl (C=O) groups excluding carboxylic acids is 1. The molecule has 198 valence electrons. The lowest BCUT2D eigenvalue weighted by Gasteiger charge is -2.40. The van der Waals surface area contributed by atoms with E-state index in [-0.39, 0.29) is 17.9 Å². The highest BCUT2D eigenvalue weighted by atomic mass is 35.5. The number of thiophene rings is 1. The summed E-state index contributed by atoms with van der Waals surface area (Å²) in [5, 5.41) is 5.51. The number of amides is 1. The molecule has 2 heterocycles. The lowest BCUT2D eigenvalue weighted by molar-refractivity contribution is 0.0950. The first kappa shape index (κ1) is 27.4. The molecule has 1 amide bonds. The first-order chi connectivity index (χ1) is 17.7. The van der Waals surface area contributed by atoms with Crippen LogP contribution < -0.4 is 15.6 Å². The molecule has 37 heavy (non-hydrogen) atoms. The summed E-state index contributed by atoms with van der Waals surface area (Å²) in [6.07, 6.45) is 4.56. The number of carbonyl (C=O) groups is 1. The van der Waals surface area contributed by atoms with Crippen LogP contribution in [0.15, 0.2) is 40.5 Å². The fourth-order valence-electron chi connectivity index (χ4n) is 5.50. The summed E-state index contributed by atoms with van der Waals surface area (Å²) in [4.78, 5) is 35.3. The predicted molar refractivity (Wildman–Crippen MR) is 155 cm³/mol. The molecule has 4 rings (SSSR count). The zero-order valence-corrected chi connectivity index (χ0v) is 23.9. The third kappa shape index (κ3) is 6.11. The zero-order valence-electron chi connectivity index (χ0n) is 22.4. The number of aromatic nitrogens is 1. The summed E-state index contributed by atoms with van der Waals surface area (Å²) in [5.41, 5.74) is 4.48. The van der Waals surface area contributed by atoms with Gasteiger partial charge in [-0.05, 0) is 89.7 Å². The first-order valence-electron chi connectivity index (χ1n) is 13.0. The van der Waals surface area contributed by atoms with Crippen molar-refractivity contribution in [1.82, 2.24) is 15.2 Å². The highest BCUT2D eigenvalue weighted by Gasteiger charge is 2.28. The summed E-state index contributed by atoms with van der Waals surface area (Å²) >= 11 is 8.11. The molecule has 1 aliphatic rings. The molecule has 0 aliphatic heterocycles. The molecule has 6 nitrogen and oxygen atoms in total. The monoisotopic (exact) mass is 540 g/mol. The van der Waals surface area contributed by atoms with Gasteiger partial charge in [0, 0.05) is 58.8 Å². The number of pyridine rings is 1. The van der Waals surface area contributed by atoms with Crippen LogP contribution in [-0.2, 0) is 6.54 Å². The van der Waals surface area contributed by atoms with E-state index < -0.39 is 0 Å². The number of anilines is 1. The summed E-state index contributed by atoms with van der Waals surface area (Å²) in [7, 11) is 4.31. The van der Waals surface area contributed by atoms with E-state index >= 15 is 0 Å². The highest BCUT2D eigenvalue weighted by Crippen LogP contribution is 2.34. The maximum Gasteiger partial charge on any atom is 0.251 e. The molecule has 0 saturated heterocycles. The number of benzene rings is 1. The Kier molecular flexibility index (Phi) is 8.78. The Morgan fingerprint density at radius 3 is 2.46 bits per heavy atom. The molecule has 1 fully saturated rings. The van der Waals surface area contributed by atoms with Crippen LogP contribution in [0.5, 0.6) is 0 Å². The molecule has 0 spiro atoms. The Balaban J connectivity index is 1.57. The third-order valence-electron chi connectivity index (χ3n) is 7.54. The minimum absolute atomic E-state index is 0.0889. The van der Waals surface area contributed by atoms with Crippen molar-refractivity contribution >= 4 is 34.5 Å². The summed E-state index contributed by atoms with van der Waals surface area (Å²) in [5.74, 6) is -0.231. The van der Waals surface area contributed by atoms with Gasteiger partial charge in [0.1, 0.15) is 0 Å². The quantitative estimate of drug-likeness (QED) is 0.367. The average molecular weight is 541 g/mol. The lowest BCUT2D eigenvalue weighted by atomic mass is 9.89. The molecule has 1 aromatic carbocycles. The Hall–Kier alpha value is -2.61. The van der Waals surface area contributed by atoms with Gasteiger partial charge in [-0.15, -0.1) is 11.3 Å². The second-order valence-corrected chi connectivity index (χ2v) is 11.5. The van der Waals surface area contributed by atoms with E-state index in [9.17, 15) is 9.59 Å². The lowest BCUT2D eigenvalue weighted by Crippen LogP contribution is -2.42. The number of aryl methyl sites for hydroxylation is 1. The van der Waals surface area contributed by atoms with Gasteiger partial charge in [-0.25, -0.2) is 0 Å². The normalized spacial score (nSPS) is 17.7. The van der Waals surface area contributed by atoms with E-state index in [1.807, 2.05) is 37.4 Å². The zero-order chi connectivity index (χ0) is 26.7. The van der Waals surface area contributed by atoms with Crippen molar-refractivity contribution in [3.63, 3.8) is 0 Å². The summed E-state index contributed by atoms with van der Waals surface area (Å²) < 4.78 is 0. The second-order valence-electron chi connectivity index (χ2n) is 10.1. The molecule has 2 N–H and O–H groups in total.